The molecule has 0 amide bonds. The van der Waals surface area contributed by atoms with Gasteiger partial charge in [-0.05, 0) is 13.0 Å². The van der Waals surface area contributed by atoms with Crippen molar-refractivity contribution in [3.63, 3.8) is 0 Å². The van der Waals surface area contributed by atoms with Crippen LogP contribution in [0.4, 0.5) is 0 Å². The summed E-state index contributed by atoms with van der Waals surface area (Å²) in [5.74, 6) is 0. The van der Waals surface area contributed by atoms with Crippen molar-refractivity contribution in [3.05, 3.63) is 12.3 Å². The second kappa shape index (κ2) is 2.67. The van der Waals surface area contributed by atoms with E-state index in [9.17, 15) is 0 Å². The normalized spacial score (nSPS) is 18.0. The van der Waals surface area contributed by atoms with E-state index >= 15 is 0 Å². The van der Waals surface area contributed by atoms with Crippen LogP contribution >= 0.6 is 0 Å². The second-order valence-corrected chi connectivity index (χ2v) is 2.25. The summed E-state index contributed by atoms with van der Waals surface area (Å²) in [4.78, 5) is 2.25. The first-order valence-corrected chi connectivity index (χ1v) is 3.30. The number of nitrogens with zero attached hydrogens (tertiary/aromatic N) is 2. The summed E-state index contributed by atoms with van der Waals surface area (Å²) >= 11 is 0. The fourth-order valence-corrected chi connectivity index (χ4v) is 0.903. The van der Waals surface area contributed by atoms with E-state index in [-0.39, 0.29) is 0 Å². The van der Waals surface area contributed by atoms with E-state index in [4.69, 9.17) is 0 Å². The summed E-state index contributed by atoms with van der Waals surface area (Å²) in [6.45, 7) is 4.30. The minimum Gasteiger partial charge on any atom is -0.265 e. The van der Waals surface area contributed by atoms with E-state index in [1.165, 1.54) is 0 Å². The Bertz CT molecular complexity index is 147. The van der Waals surface area contributed by atoms with E-state index in [0.29, 0.717) is 0 Å². The number of hydrogen-bond donors (Lipinski definition) is 0. The first-order chi connectivity index (χ1) is 4.33. The van der Waals surface area contributed by atoms with Gasteiger partial charge in [0.1, 0.15) is 6.54 Å². The molecule has 0 saturated heterocycles. The SMILES string of the molecule is CCN1C=[N+](C)C=CC1. The molecule has 0 aromatic heterocycles. The fraction of sp³-hybridized carbons (Fsp3) is 0.571. The number of rotatable bonds is 1. The van der Waals surface area contributed by atoms with Gasteiger partial charge in [-0.25, -0.2) is 4.58 Å². The van der Waals surface area contributed by atoms with Crippen molar-refractivity contribution in [2.24, 2.45) is 0 Å². The Balaban J connectivity index is 2.55. The summed E-state index contributed by atoms with van der Waals surface area (Å²) in [7, 11) is 2.04. The van der Waals surface area contributed by atoms with Crippen molar-refractivity contribution in [3.8, 4) is 0 Å². The quantitative estimate of drug-likeness (QED) is 0.463. The lowest BCUT2D eigenvalue weighted by Gasteiger charge is -2.11. The zero-order chi connectivity index (χ0) is 6.69. The maximum atomic E-state index is 2.25. The molecule has 1 aliphatic heterocycles. The molecule has 0 aliphatic carbocycles. The molecule has 0 fully saturated rings. The molecule has 0 bridgehead atoms. The maximum absolute atomic E-state index is 2.25. The van der Waals surface area contributed by atoms with Crippen LogP contribution in [0.3, 0.4) is 0 Å². The maximum Gasteiger partial charge on any atom is 0.238 e. The molecule has 0 saturated carbocycles. The summed E-state index contributed by atoms with van der Waals surface area (Å²) in [6, 6.07) is 0. The summed E-state index contributed by atoms with van der Waals surface area (Å²) in [5.41, 5.74) is 0. The highest BCUT2D eigenvalue weighted by Crippen LogP contribution is 1.89. The van der Waals surface area contributed by atoms with Gasteiger partial charge in [0.05, 0.1) is 19.8 Å². The Morgan fingerprint density at radius 1 is 1.67 bits per heavy atom. The minimum absolute atomic E-state index is 1.06. The minimum atomic E-state index is 1.06. The molecule has 1 heterocycles. The van der Waals surface area contributed by atoms with Crippen LogP contribution < -0.4 is 0 Å². The van der Waals surface area contributed by atoms with Gasteiger partial charge in [0, 0.05) is 0 Å². The Kier molecular flexibility index (Phi) is 1.88. The van der Waals surface area contributed by atoms with Crippen molar-refractivity contribution >= 4 is 6.34 Å². The van der Waals surface area contributed by atoms with Crippen LogP contribution in [0.2, 0.25) is 0 Å². The first-order valence-electron chi connectivity index (χ1n) is 3.30. The largest absolute Gasteiger partial charge is 0.265 e. The van der Waals surface area contributed by atoms with E-state index in [2.05, 4.69) is 35.0 Å². The Hall–Kier alpha value is -0.790. The van der Waals surface area contributed by atoms with Gasteiger partial charge in [-0.15, -0.1) is 0 Å². The highest BCUT2D eigenvalue weighted by molar-refractivity contribution is 5.50. The van der Waals surface area contributed by atoms with Crippen molar-refractivity contribution in [1.82, 2.24) is 4.90 Å². The summed E-state index contributed by atoms with van der Waals surface area (Å²) < 4.78 is 2.06. The average Bonchev–Trinajstić information content (AvgIpc) is 1.88. The molecule has 2 nitrogen and oxygen atoms in total. The molecule has 50 valence electrons. The molecule has 0 radical (unpaired) electrons. The van der Waals surface area contributed by atoms with E-state index in [1.807, 2.05) is 7.05 Å². The predicted octanol–water partition coefficient (Wildman–Crippen LogP) is 0.506. The predicted molar refractivity (Wildman–Crippen MR) is 38.6 cm³/mol. The zero-order valence-electron chi connectivity index (χ0n) is 6.04. The smallest absolute Gasteiger partial charge is 0.238 e. The molecule has 1 aliphatic rings. The molecular weight excluding hydrogens is 112 g/mol. The van der Waals surface area contributed by atoms with E-state index in [0.717, 1.165) is 13.1 Å². The third-order valence-corrected chi connectivity index (χ3v) is 1.43. The highest BCUT2D eigenvalue weighted by atomic mass is 15.2. The van der Waals surface area contributed by atoms with Crippen LogP contribution in [0.15, 0.2) is 12.3 Å². The van der Waals surface area contributed by atoms with Crippen LogP contribution in [0, 0.1) is 0 Å². The molecular formula is C7H13N2+. The summed E-state index contributed by atoms with van der Waals surface area (Å²) in [6.07, 6.45) is 6.34. The molecule has 2 heteroatoms. The third kappa shape index (κ3) is 1.56. The van der Waals surface area contributed by atoms with Crippen molar-refractivity contribution < 1.29 is 4.58 Å². The molecule has 0 aromatic rings. The van der Waals surface area contributed by atoms with Gasteiger partial charge in [0.25, 0.3) is 0 Å². The Morgan fingerprint density at radius 3 is 2.89 bits per heavy atom. The highest BCUT2D eigenvalue weighted by Gasteiger charge is 2.04. The molecule has 0 spiro atoms. The lowest BCUT2D eigenvalue weighted by atomic mass is 10.4. The van der Waals surface area contributed by atoms with Crippen LogP contribution in [-0.2, 0) is 0 Å². The van der Waals surface area contributed by atoms with E-state index < -0.39 is 0 Å². The third-order valence-electron chi connectivity index (χ3n) is 1.43. The van der Waals surface area contributed by atoms with Crippen molar-refractivity contribution in [1.29, 1.82) is 0 Å². The van der Waals surface area contributed by atoms with Crippen LogP contribution in [0.1, 0.15) is 6.92 Å². The Morgan fingerprint density at radius 2 is 2.44 bits per heavy atom. The van der Waals surface area contributed by atoms with Gasteiger partial charge in [-0.3, -0.25) is 4.90 Å². The first kappa shape index (κ1) is 6.33. The Labute approximate surface area is 56.1 Å². The van der Waals surface area contributed by atoms with Gasteiger partial charge in [0.15, 0.2) is 0 Å². The van der Waals surface area contributed by atoms with Crippen LogP contribution in [0.5, 0.6) is 0 Å². The lowest BCUT2D eigenvalue weighted by molar-refractivity contribution is -0.425. The molecule has 0 atom stereocenters. The zero-order valence-corrected chi connectivity index (χ0v) is 6.04. The lowest BCUT2D eigenvalue weighted by Crippen LogP contribution is -2.28. The van der Waals surface area contributed by atoms with Gasteiger partial charge in [0.2, 0.25) is 6.34 Å². The summed E-state index contributed by atoms with van der Waals surface area (Å²) in [5, 5.41) is 0. The number of likely N-dealkylation sites (N-methyl/N-ethyl adjacent to an activating group) is 1. The molecule has 0 unspecified atom stereocenters. The van der Waals surface area contributed by atoms with Crippen molar-refractivity contribution in [2.75, 3.05) is 20.1 Å². The molecule has 0 aromatic carbocycles. The molecule has 0 N–H and O–H groups in total. The second-order valence-electron chi connectivity index (χ2n) is 2.25. The van der Waals surface area contributed by atoms with Gasteiger partial charge in [-0.1, -0.05) is 0 Å². The average molecular weight is 125 g/mol. The van der Waals surface area contributed by atoms with Crippen molar-refractivity contribution in [2.45, 2.75) is 6.92 Å². The standard InChI is InChI=1S/C7H13N2/c1-3-9-6-4-5-8(2)7-9/h4-5,7H,3,6H2,1-2H3/q+1. The van der Waals surface area contributed by atoms with Gasteiger partial charge < -0.3 is 0 Å². The van der Waals surface area contributed by atoms with Crippen LogP contribution in [-0.4, -0.2) is 36.0 Å². The number of hydrogen-bond acceptors (Lipinski definition) is 1. The monoisotopic (exact) mass is 125 g/mol. The van der Waals surface area contributed by atoms with Gasteiger partial charge >= 0.3 is 0 Å². The molecule has 1 rings (SSSR count). The topological polar surface area (TPSA) is 6.25 Å². The van der Waals surface area contributed by atoms with Crippen LogP contribution in [0.25, 0.3) is 0 Å². The van der Waals surface area contributed by atoms with Gasteiger partial charge in [-0.2, -0.15) is 0 Å². The molecule has 9 heavy (non-hydrogen) atoms. The fourth-order valence-electron chi connectivity index (χ4n) is 0.903. The van der Waals surface area contributed by atoms with E-state index in [1.54, 1.807) is 0 Å².